The highest BCUT2D eigenvalue weighted by Gasteiger charge is 1.93. The quantitative estimate of drug-likeness (QED) is 0.487. The van der Waals surface area contributed by atoms with Crippen molar-refractivity contribution in [3.8, 4) is 0 Å². The summed E-state index contributed by atoms with van der Waals surface area (Å²) in [6.45, 7) is 0. The first-order valence-corrected chi connectivity index (χ1v) is 4.97. The molecule has 1 aromatic carbocycles. The molecule has 48 valence electrons. The van der Waals surface area contributed by atoms with Gasteiger partial charge in [0.1, 0.15) is 0 Å². The summed E-state index contributed by atoms with van der Waals surface area (Å²) in [7, 11) is 0. The van der Waals surface area contributed by atoms with Crippen LogP contribution in [0.2, 0.25) is 0 Å². The Kier molecular flexibility index (Phi) is 2.98. The van der Waals surface area contributed by atoms with Crippen LogP contribution in [-0.4, -0.2) is 0 Å². The van der Waals surface area contributed by atoms with Gasteiger partial charge in [0, 0.05) is 12.5 Å². The zero-order valence-electron chi connectivity index (χ0n) is 4.37. The summed E-state index contributed by atoms with van der Waals surface area (Å²) in [6.07, 6.45) is 0. The summed E-state index contributed by atoms with van der Waals surface area (Å²) in [5.41, 5.74) is 0. The first-order chi connectivity index (χ1) is 4.20. The molecular formula is C6H3Br2I. The van der Waals surface area contributed by atoms with Gasteiger partial charge < -0.3 is 0 Å². The van der Waals surface area contributed by atoms with E-state index in [0.717, 1.165) is 8.95 Å². The van der Waals surface area contributed by atoms with Crippen molar-refractivity contribution in [1.29, 1.82) is 0 Å². The van der Waals surface area contributed by atoms with Crippen LogP contribution in [0.4, 0.5) is 0 Å². The number of hydrogen-bond donors (Lipinski definition) is 0. The fourth-order valence-corrected chi connectivity index (χ4v) is 2.02. The molecule has 0 spiro atoms. The van der Waals surface area contributed by atoms with Crippen LogP contribution in [0.3, 0.4) is 0 Å². The molecular weight excluding hydrogens is 359 g/mol. The molecule has 0 nitrogen and oxygen atoms in total. The molecule has 0 saturated heterocycles. The summed E-state index contributed by atoms with van der Waals surface area (Å²) < 4.78 is 3.49. The molecule has 0 saturated carbocycles. The fourth-order valence-electron chi connectivity index (χ4n) is 0.470. The average molecular weight is 362 g/mol. The second kappa shape index (κ2) is 3.34. The minimum absolute atomic E-state index is 1.12. The van der Waals surface area contributed by atoms with Gasteiger partial charge in [-0.15, -0.1) is 0 Å². The maximum Gasteiger partial charge on any atom is 0.0309 e. The highest BCUT2D eigenvalue weighted by Crippen LogP contribution is 2.22. The molecule has 9 heavy (non-hydrogen) atoms. The van der Waals surface area contributed by atoms with E-state index in [0.29, 0.717) is 0 Å². The Morgan fingerprint density at radius 1 is 1.22 bits per heavy atom. The largest absolute Gasteiger partial charge is 0.0508 e. The van der Waals surface area contributed by atoms with Gasteiger partial charge in [0.15, 0.2) is 0 Å². The van der Waals surface area contributed by atoms with E-state index in [4.69, 9.17) is 0 Å². The predicted molar refractivity (Wildman–Crippen MR) is 54.6 cm³/mol. The first kappa shape index (κ1) is 8.01. The van der Waals surface area contributed by atoms with E-state index < -0.39 is 0 Å². The Labute approximate surface area is 84.4 Å². The Morgan fingerprint density at radius 3 is 2.33 bits per heavy atom. The fraction of sp³-hybridized carbons (Fsp3) is 0. The van der Waals surface area contributed by atoms with Gasteiger partial charge in [0.25, 0.3) is 0 Å². The van der Waals surface area contributed by atoms with Gasteiger partial charge in [-0.3, -0.25) is 0 Å². The lowest BCUT2D eigenvalue weighted by Crippen LogP contribution is -1.71. The molecule has 0 bridgehead atoms. The van der Waals surface area contributed by atoms with Crippen molar-refractivity contribution in [2.75, 3.05) is 0 Å². The van der Waals surface area contributed by atoms with Crippen LogP contribution in [0.1, 0.15) is 0 Å². The Morgan fingerprint density at radius 2 is 1.89 bits per heavy atom. The second-order valence-corrected chi connectivity index (χ2v) is 4.49. The Bertz CT molecular complexity index is 222. The van der Waals surface area contributed by atoms with Crippen LogP contribution in [0.25, 0.3) is 0 Å². The number of halogens is 3. The van der Waals surface area contributed by atoms with Crippen molar-refractivity contribution >= 4 is 54.5 Å². The van der Waals surface area contributed by atoms with Gasteiger partial charge in [-0.1, -0.05) is 15.9 Å². The number of rotatable bonds is 0. The second-order valence-electron chi connectivity index (χ2n) is 1.56. The normalized spacial score (nSPS) is 9.67. The van der Waals surface area contributed by atoms with Crippen molar-refractivity contribution in [3.63, 3.8) is 0 Å². The van der Waals surface area contributed by atoms with E-state index in [9.17, 15) is 0 Å². The van der Waals surface area contributed by atoms with Crippen LogP contribution < -0.4 is 0 Å². The number of hydrogen-bond acceptors (Lipinski definition) is 0. The molecule has 0 N–H and O–H groups in total. The summed E-state index contributed by atoms with van der Waals surface area (Å²) >= 11 is 9.04. The average Bonchev–Trinajstić information content (AvgIpc) is 1.80. The van der Waals surface area contributed by atoms with E-state index in [1.54, 1.807) is 0 Å². The molecule has 0 aromatic heterocycles. The number of benzene rings is 1. The molecule has 3 heteroatoms. The molecule has 0 aliphatic heterocycles. The SMILES string of the molecule is Brc1ccc(Br)c(I)c1. The van der Waals surface area contributed by atoms with Crippen molar-refractivity contribution in [2.24, 2.45) is 0 Å². The lowest BCUT2D eigenvalue weighted by Gasteiger charge is -1.93. The zero-order chi connectivity index (χ0) is 6.85. The molecule has 1 aromatic rings. The lowest BCUT2D eigenvalue weighted by molar-refractivity contribution is 1.55. The van der Waals surface area contributed by atoms with Crippen molar-refractivity contribution in [1.82, 2.24) is 0 Å². The smallest absolute Gasteiger partial charge is 0.0309 e. The molecule has 0 heterocycles. The minimum atomic E-state index is 1.12. The third-order valence-corrected chi connectivity index (χ3v) is 3.70. The standard InChI is InChI=1S/C6H3Br2I/c7-4-1-2-5(8)6(9)3-4/h1-3H. The molecule has 0 unspecified atom stereocenters. The van der Waals surface area contributed by atoms with Crippen LogP contribution in [-0.2, 0) is 0 Å². The zero-order valence-corrected chi connectivity index (χ0v) is 9.70. The van der Waals surface area contributed by atoms with Gasteiger partial charge in [-0.25, -0.2) is 0 Å². The van der Waals surface area contributed by atoms with E-state index in [1.807, 2.05) is 12.1 Å². The van der Waals surface area contributed by atoms with Gasteiger partial charge in [0.05, 0.1) is 0 Å². The third kappa shape index (κ3) is 2.20. The molecule has 1 rings (SSSR count). The van der Waals surface area contributed by atoms with E-state index in [-0.39, 0.29) is 0 Å². The van der Waals surface area contributed by atoms with Gasteiger partial charge in [-0.05, 0) is 56.7 Å². The van der Waals surface area contributed by atoms with Crippen molar-refractivity contribution in [2.45, 2.75) is 0 Å². The molecule has 0 radical (unpaired) electrons. The Hall–Kier alpha value is 0.910. The van der Waals surface area contributed by atoms with Crippen LogP contribution in [0.15, 0.2) is 27.1 Å². The maximum atomic E-state index is 3.40. The predicted octanol–water partition coefficient (Wildman–Crippen LogP) is 3.82. The summed E-state index contributed by atoms with van der Waals surface area (Å²) in [5, 5.41) is 0. The minimum Gasteiger partial charge on any atom is -0.0508 e. The monoisotopic (exact) mass is 360 g/mol. The summed E-state index contributed by atoms with van der Waals surface area (Å²) in [6, 6.07) is 6.09. The van der Waals surface area contributed by atoms with E-state index >= 15 is 0 Å². The highest BCUT2D eigenvalue weighted by atomic mass is 127. The highest BCUT2D eigenvalue weighted by molar-refractivity contribution is 14.1. The molecule has 0 amide bonds. The molecule has 0 aliphatic rings. The molecule has 0 atom stereocenters. The van der Waals surface area contributed by atoms with Gasteiger partial charge in [0.2, 0.25) is 0 Å². The molecule has 0 fully saturated rings. The van der Waals surface area contributed by atoms with Crippen molar-refractivity contribution in [3.05, 3.63) is 30.7 Å². The topological polar surface area (TPSA) is 0 Å². The maximum absolute atomic E-state index is 3.40. The summed E-state index contributed by atoms with van der Waals surface area (Å²) in [4.78, 5) is 0. The van der Waals surface area contributed by atoms with Crippen molar-refractivity contribution < 1.29 is 0 Å². The summed E-state index contributed by atoms with van der Waals surface area (Å²) in [5.74, 6) is 0. The van der Waals surface area contributed by atoms with Gasteiger partial charge in [-0.2, -0.15) is 0 Å². The van der Waals surface area contributed by atoms with E-state index in [2.05, 4.69) is 60.5 Å². The third-order valence-electron chi connectivity index (χ3n) is 0.882. The van der Waals surface area contributed by atoms with E-state index in [1.165, 1.54) is 3.57 Å². The van der Waals surface area contributed by atoms with Crippen LogP contribution >= 0.6 is 54.5 Å². The first-order valence-electron chi connectivity index (χ1n) is 2.30. The molecule has 0 aliphatic carbocycles. The van der Waals surface area contributed by atoms with Gasteiger partial charge >= 0.3 is 0 Å². The van der Waals surface area contributed by atoms with Crippen LogP contribution in [0.5, 0.6) is 0 Å². The van der Waals surface area contributed by atoms with Crippen LogP contribution in [0, 0.1) is 3.57 Å². The Balaban J connectivity index is 3.17. The lowest BCUT2D eigenvalue weighted by atomic mass is 10.4.